The number of ether oxygens (including phenoxy) is 1. The number of rotatable bonds is 4. The summed E-state index contributed by atoms with van der Waals surface area (Å²) in [4.78, 5) is 22.7. The Bertz CT molecular complexity index is 738. The van der Waals surface area contributed by atoms with Gasteiger partial charge in [0.05, 0.1) is 29.0 Å². The predicted octanol–water partition coefficient (Wildman–Crippen LogP) is 3.12. The quantitative estimate of drug-likeness (QED) is 0.941. The Morgan fingerprint density at radius 1 is 1.48 bits per heavy atom. The van der Waals surface area contributed by atoms with Crippen LogP contribution in [0.2, 0.25) is 5.02 Å². The lowest BCUT2D eigenvalue weighted by Crippen LogP contribution is -2.04. The molecule has 0 saturated carbocycles. The summed E-state index contributed by atoms with van der Waals surface area (Å²) in [7, 11) is 0. The molecule has 0 radical (unpaired) electrons. The molecule has 1 aromatic heterocycles. The van der Waals surface area contributed by atoms with Crippen molar-refractivity contribution in [1.29, 1.82) is 0 Å². The first-order chi connectivity index (χ1) is 9.86. The van der Waals surface area contributed by atoms with Gasteiger partial charge < -0.3 is 9.84 Å². The number of hydrogen-bond donors (Lipinski definition) is 1. The van der Waals surface area contributed by atoms with Crippen LogP contribution in [-0.4, -0.2) is 28.2 Å². The maximum absolute atomic E-state index is 14.0. The minimum absolute atomic E-state index is 0.0257. The summed E-state index contributed by atoms with van der Waals surface area (Å²) in [5.41, 5.74) is 0.530. The van der Waals surface area contributed by atoms with E-state index in [2.05, 4.69) is 0 Å². The smallest absolute Gasteiger partial charge is 0.307 e. The lowest BCUT2D eigenvalue weighted by molar-refractivity contribution is -0.136. The zero-order valence-electron chi connectivity index (χ0n) is 11.4. The fourth-order valence-electron chi connectivity index (χ4n) is 2.24. The highest BCUT2D eigenvalue weighted by Crippen LogP contribution is 2.38. The van der Waals surface area contributed by atoms with Crippen molar-refractivity contribution in [3.8, 4) is 5.75 Å². The van der Waals surface area contributed by atoms with Gasteiger partial charge in [0.15, 0.2) is 11.6 Å². The minimum Gasteiger partial charge on any atom is -0.490 e. The van der Waals surface area contributed by atoms with Crippen LogP contribution in [0.15, 0.2) is 12.3 Å². The van der Waals surface area contributed by atoms with Gasteiger partial charge in [0, 0.05) is 13.1 Å². The van der Waals surface area contributed by atoms with Crippen LogP contribution in [-0.2, 0) is 11.2 Å². The summed E-state index contributed by atoms with van der Waals surface area (Å²) in [6.45, 7) is 3.19. The Morgan fingerprint density at radius 3 is 2.67 bits per heavy atom. The molecular weight excluding hydrogens is 301 g/mol. The van der Waals surface area contributed by atoms with Gasteiger partial charge in [0.2, 0.25) is 5.91 Å². The van der Waals surface area contributed by atoms with Crippen LogP contribution in [0.4, 0.5) is 4.39 Å². The number of nitrogens with zero attached hydrogens (tertiary/aromatic N) is 1. The second-order valence-corrected chi connectivity index (χ2v) is 4.85. The summed E-state index contributed by atoms with van der Waals surface area (Å²) in [6.07, 6.45) is 0.992. The van der Waals surface area contributed by atoms with E-state index in [1.165, 1.54) is 17.7 Å². The van der Waals surface area contributed by atoms with Crippen LogP contribution in [0.1, 0.15) is 24.2 Å². The Morgan fingerprint density at radius 2 is 2.14 bits per heavy atom. The van der Waals surface area contributed by atoms with Crippen molar-refractivity contribution in [3.63, 3.8) is 0 Å². The lowest BCUT2D eigenvalue weighted by atomic mass is 10.1. The summed E-state index contributed by atoms with van der Waals surface area (Å²) in [5.74, 6) is -2.23. The topological polar surface area (TPSA) is 68.5 Å². The van der Waals surface area contributed by atoms with E-state index in [4.69, 9.17) is 21.4 Å². The molecule has 2 rings (SSSR count). The van der Waals surface area contributed by atoms with Crippen LogP contribution >= 0.6 is 11.6 Å². The van der Waals surface area contributed by atoms with Crippen LogP contribution in [0.5, 0.6) is 5.75 Å². The molecule has 0 aliphatic carbocycles. The van der Waals surface area contributed by atoms with Crippen molar-refractivity contribution < 1.29 is 23.8 Å². The Labute approximate surface area is 124 Å². The highest BCUT2D eigenvalue weighted by Gasteiger charge is 2.22. The van der Waals surface area contributed by atoms with E-state index in [1.54, 1.807) is 6.92 Å². The van der Waals surface area contributed by atoms with Gasteiger partial charge in [-0.3, -0.25) is 14.2 Å². The van der Waals surface area contributed by atoms with E-state index in [1.807, 2.05) is 0 Å². The Hall–Kier alpha value is -2.08. The van der Waals surface area contributed by atoms with E-state index in [0.29, 0.717) is 0 Å². The first-order valence-electron chi connectivity index (χ1n) is 6.24. The molecule has 5 nitrogen and oxygen atoms in total. The first-order valence-corrected chi connectivity index (χ1v) is 6.62. The number of fused-ring (bicyclic) bond motifs is 1. The molecule has 2 aromatic rings. The molecule has 1 heterocycles. The standard InChI is InChI=1S/C14H13ClFNO4/c1-3-21-14-10(16)5-9(15)13-12(14)8(4-11(19)20)6-17(13)7(2)18/h5-6H,3-4H2,1-2H3,(H,19,20). The molecule has 7 heteroatoms. The van der Waals surface area contributed by atoms with Crippen molar-refractivity contribution in [3.05, 3.63) is 28.7 Å². The number of aliphatic carboxylic acids is 1. The molecule has 21 heavy (non-hydrogen) atoms. The number of benzene rings is 1. The summed E-state index contributed by atoms with van der Waals surface area (Å²) < 4.78 is 20.5. The van der Waals surface area contributed by atoms with Gasteiger partial charge in [0.1, 0.15) is 0 Å². The van der Waals surface area contributed by atoms with Crippen molar-refractivity contribution in [2.24, 2.45) is 0 Å². The second kappa shape index (κ2) is 5.73. The maximum Gasteiger partial charge on any atom is 0.307 e. The van der Waals surface area contributed by atoms with E-state index in [-0.39, 0.29) is 46.2 Å². The van der Waals surface area contributed by atoms with Gasteiger partial charge in [0.25, 0.3) is 0 Å². The van der Waals surface area contributed by atoms with Crippen LogP contribution in [0.25, 0.3) is 10.9 Å². The summed E-state index contributed by atoms with van der Waals surface area (Å²) in [6, 6.07) is 1.05. The third-order valence-corrected chi connectivity index (χ3v) is 3.27. The number of carbonyl (C=O) groups is 2. The SMILES string of the molecule is CCOc1c(F)cc(Cl)c2c1c(CC(=O)O)cn2C(C)=O. The number of hydrogen-bond acceptors (Lipinski definition) is 3. The number of carboxylic acid groups (broad SMARTS) is 1. The number of carboxylic acids is 1. The molecule has 0 saturated heterocycles. The molecule has 0 aliphatic heterocycles. The van der Waals surface area contributed by atoms with Crippen LogP contribution < -0.4 is 4.74 Å². The van der Waals surface area contributed by atoms with Gasteiger partial charge in [-0.2, -0.15) is 0 Å². The van der Waals surface area contributed by atoms with Gasteiger partial charge in [-0.15, -0.1) is 0 Å². The predicted molar refractivity (Wildman–Crippen MR) is 75.7 cm³/mol. The average molecular weight is 314 g/mol. The molecule has 112 valence electrons. The Kier molecular flexibility index (Phi) is 4.18. The first kappa shape index (κ1) is 15.3. The second-order valence-electron chi connectivity index (χ2n) is 4.44. The molecule has 0 unspecified atom stereocenters. The summed E-state index contributed by atoms with van der Waals surface area (Å²) >= 11 is 6.02. The van der Waals surface area contributed by atoms with Crippen molar-refractivity contribution in [2.75, 3.05) is 6.61 Å². The highest BCUT2D eigenvalue weighted by molar-refractivity contribution is 6.36. The minimum atomic E-state index is -1.10. The molecular formula is C14H13ClFNO4. The zero-order valence-corrected chi connectivity index (χ0v) is 12.2. The molecule has 0 atom stereocenters. The van der Waals surface area contributed by atoms with E-state index in [9.17, 15) is 14.0 Å². The van der Waals surface area contributed by atoms with Crippen molar-refractivity contribution in [2.45, 2.75) is 20.3 Å². The fraction of sp³-hybridized carbons (Fsp3) is 0.286. The maximum atomic E-state index is 14.0. The number of carbonyl (C=O) groups excluding carboxylic acids is 1. The van der Waals surface area contributed by atoms with E-state index in [0.717, 1.165) is 6.07 Å². The van der Waals surface area contributed by atoms with E-state index < -0.39 is 11.8 Å². The average Bonchev–Trinajstić information content (AvgIpc) is 2.73. The Balaban J connectivity index is 2.89. The van der Waals surface area contributed by atoms with Gasteiger partial charge in [-0.1, -0.05) is 11.6 Å². The number of halogens is 2. The van der Waals surface area contributed by atoms with Gasteiger partial charge in [-0.05, 0) is 18.6 Å². The molecule has 1 N–H and O–H groups in total. The highest BCUT2D eigenvalue weighted by atomic mass is 35.5. The van der Waals surface area contributed by atoms with Crippen LogP contribution in [0, 0.1) is 5.82 Å². The van der Waals surface area contributed by atoms with Crippen molar-refractivity contribution >= 4 is 34.4 Å². The normalized spacial score (nSPS) is 10.9. The molecule has 0 amide bonds. The molecule has 0 aliphatic rings. The molecule has 0 fully saturated rings. The number of aromatic nitrogens is 1. The third-order valence-electron chi connectivity index (χ3n) is 2.98. The monoisotopic (exact) mass is 313 g/mol. The van der Waals surface area contributed by atoms with Gasteiger partial charge in [-0.25, -0.2) is 4.39 Å². The van der Waals surface area contributed by atoms with E-state index >= 15 is 0 Å². The van der Waals surface area contributed by atoms with Crippen molar-refractivity contribution in [1.82, 2.24) is 4.57 Å². The molecule has 0 bridgehead atoms. The zero-order chi connectivity index (χ0) is 15.7. The van der Waals surface area contributed by atoms with Crippen LogP contribution in [0.3, 0.4) is 0 Å². The van der Waals surface area contributed by atoms with Gasteiger partial charge >= 0.3 is 5.97 Å². The lowest BCUT2D eigenvalue weighted by Gasteiger charge is -2.10. The summed E-state index contributed by atoms with van der Waals surface area (Å²) in [5, 5.41) is 9.22. The largest absolute Gasteiger partial charge is 0.490 e. The third kappa shape index (κ3) is 2.71. The fourth-order valence-corrected chi connectivity index (χ4v) is 2.52. The molecule has 0 spiro atoms. The molecule has 1 aromatic carbocycles.